The van der Waals surface area contributed by atoms with E-state index in [1.807, 2.05) is 31.2 Å². The van der Waals surface area contributed by atoms with Crippen molar-refractivity contribution in [2.75, 3.05) is 13.2 Å². The van der Waals surface area contributed by atoms with Gasteiger partial charge in [-0.05, 0) is 31.4 Å². The standard InChI is InChI=1S/C15H25O3P/c1-4-6-12-16-19(17-13-7-5-2)18-15-11-9-8-10-14(15)3/h8-11H,4-7,12-13H2,1-3H3. The third-order valence-corrected chi connectivity index (χ3v) is 3.79. The highest BCUT2D eigenvalue weighted by molar-refractivity contribution is 7.42. The molecule has 0 radical (unpaired) electrons. The minimum atomic E-state index is -1.28. The predicted molar refractivity (Wildman–Crippen MR) is 80.4 cm³/mol. The van der Waals surface area contributed by atoms with Crippen molar-refractivity contribution in [2.45, 2.75) is 46.5 Å². The SMILES string of the molecule is CCCCOP(OCCCC)Oc1ccccc1C. The molecule has 0 atom stereocenters. The first-order valence-corrected chi connectivity index (χ1v) is 8.17. The summed E-state index contributed by atoms with van der Waals surface area (Å²) in [4.78, 5) is 0. The number of hydrogen-bond acceptors (Lipinski definition) is 3. The van der Waals surface area contributed by atoms with Crippen LogP contribution in [-0.4, -0.2) is 13.2 Å². The molecule has 19 heavy (non-hydrogen) atoms. The second-order valence-electron chi connectivity index (χ2n) is 4.45. The molecule has 0 heterocycles. The fraction of sp³-hybridized carbons (Fsp3) is 0.600. The summed E-state index contributed by atoms with van der Waals surface area (Å²) >= 11 is 0. The van der Waals surface area contributed by atoms with E-state index in [2.05, 4.69) is 13.8 Å². The Morgan fingerprint density at radius 2 is 1.53 bits per heavy atom. The van der Waals surface area contributed by atoms with E-state index in [0.717, 1.165) is 37.0 Å². The van der Waals surface area contributed by atoms with E-state index in [9.17, 15) is 0 Å². The van der Waals surface area contributed by atoms with Crippen LogP contribution < -0.4 is 4.52 Å². The van der Waals surface area contributed by atoms with Gasteiger partial charge in [0.1, 0.15) is 5.75 Å². The third-order valence-electron chi connectivity index (χ3n) is 2.66. The molecule has 0 aromatic heterocycles. The molecular weight excluding hydrogens is 259 g/mol. The summed E-state index contributed by atoms with van der Waals surface area (Å²) in [6.07, 6.45) is 4.30. The van der Waals surface area contributed by atoms with Crippen LogP contribution in [0.3, 0.4) is 0 Å². The maximum atomic E-state index is 5.86. The van der Waals surface area contributed by atoms with Crippen molar-refractivity contribution >= 4 is 8.60 Å². The van der Waals surface area contributed by atoms with Gasteiger partial charge in [0.25, 0.3) is 0 Å². The van der Waals surface area contributed by atoms with E-state index in [0.29, 0.717) is 13.2 Å². The lowest BCUT2D eigenvalue weighted by Gasteiger charge is -2.18. The maximum Gasteiger partial charge on any atom is 0.397 e. The van der Waals surface area contributed by atoms with Gasteiger partial charge in [0.05, 0.1) is 13.2 Å². The minimum absolute atomic E-state index is 0.695. The molecule has 0 saturated heterocycles. The zero-order valence-corrected chi connectivity index (χ0v) is 13.1. The van der Waals surface area contributed by atoms with E-state index in [1.54, 1.807) is 0 Å². The number of aryl methyl sites for hydroxylation is 1. The zero-order valence-electron chi connectivity index (χ0n) is 12.2. The number of rotatable bonds is 10. The summed E-state index contributed by atoms with van der Waals surface area (Å²) in [5.41, 5.74) is 1.10. The Balaban J connectivity index is 2.49. The first kappa shape index (κ1) is 16.4. The third kappa shape index (κ3) is 6.91. The molecule has 4 heteroatoms. The van der Waals surface area contributed by atoms with Crippen LogP contribution in [0.4, 0.5) is 0 Å². The molecule has 1 rings (SSSR count). The van der Waals surface area contributed by atoms with Gasteiger partial charge in [-0.15, -0.1) is 0 Å². The molecule has 0 aliphatic heterocycles. The molecule has 0 saturated carbocycles. The summed E-state index contributed by atoms with van der Waals surface area (Å²) < 4.78 is 17.3. The van der Waals surface area contributed by atoms with Crippen LogP contribution in [0.25, 0.3) is 0 Å². The topological polar surface area (TPSA) is 27.7 Å². The molecule has 0 fully saturated rings. The highest BCUT2D eigenvalue weighted by atomic mass is 31.2. The second kappa shape index (κ2) is 10.2. The van der Waals surface area contributed by atoms with E-state index in [4.69, 9.17) is 13.6 Å². The Kier molecular flexibility index (Phi) is 8.81. The van der Waals surface area contributed by atoms with Crippen molar-refractivity contribution in [2.24, 2.45) is 0 Å². The van der Waals surface area contributed by atoms with Crippen molar-refractivity contribution < 1.29 is 13.6 Å². The average Bonchev–Trinajstić information content (AvgIpc) is 2.41. The van der Waals surface area contributed by atoms with E-state index >= 15 is 0 Å². The molecule has 3 nitrogen and oxygen atoms in total. The normalized spacial score (nSPS) is 10.9. The smallest absolute Gasteiger partial charge is 0.397 e. The highest BCUT2D eigenvalue weighted by Gasteiger charge is 2.15. The molecule has 0 spiro atoms. The summed E-state index contributed by atoms with van der Waals surface area (Å²) in [5.74, 6) is 0.849. The molecule has 0 unspecified atom stereocenters. The molecule has 1 aromatic carbocycles. The fourth-order valence-corrected chi connectivity index (χ4v) is 2.50. The van der Waals surface area contributed by atoms with Gasteiger partial charge in [-0.1, -0.05) is 44.9 Å². The van der Waals surface area contributed by atoms with Gasteiger partial charge in [-0.2, -0.15) is 0 Å². The lowest BCUT2D eigenvalue weighted by atomic mass is 10.2. The first-order chi connectivity index (χ1) is 9.27. The summed E-state index contributed by atoms with van der Waals surface area (Å²) in [7, 11) is -1.28. The minimum Gasteiger partial charge on any atom is -0.426 e. The molecule has 0 aliphatic carbocycles. The number of para-hydroxylation sites is 1. The van der Waals surface area contributed by atoms with Crippen molar-refractivity contribution in [3.05, 3.63) is 29.8 Å². The highest BCUT2D eigenvalue weighted by Crippen LogP contribution is 2.41. The van der Waals surface area contributed by atoms with Crippen LogP contribution >= 0.6 is 8.60 Å². The van der Waals surface area contributed by atoms with E-state index in [1.165, 1.54) is 0 Å². The number of benzene rings is 1. The Bertz CT molecular complexity index is 334. The van der Waals surface area contributed by atoms with Crippen molar-refractivity contribution in [3.8, 4) is 5.75 Å². The predicted octanol–water partition coefficient (Wildman–Crippen LogP) is 5.23. The van der Waals surface area contributed by atoms with Gasteiger partial charge in [-0.3, -0.25) is 0 Å². The van der Waals surface area contributed by atoms with Crippen LogP contribution in [0.2, 0.25) is 0 Å². The van der Waals surface area contributed by atoms with Crippen molar-refractivity contribution in [1.82, 2.24) is 0 Å². The Morgan fingerprint density at radius 3 is 2.05 bits per heavy atom. The van der Waals surface area contributed by atoms with Crippen molar-refractivity contribution in [1.29, 1.82) is 0 Å². The van der Waals surface area contributed by atoms with Crippen LogP contribution in [0, 0.1) is 6.92 Å². The summed E-state index contributed by atoms with van der Waals surface area (Å²) in [6, 6.07) is 7.95. The van der Waals surface area contributed by atoms with Crippen LogP contribution in [0.5, 0.6) is 5.75 Å². The van der Waals surface area contributed by atoms with E-state index in [-0.39, 0.29) is 0 Å². The maximum absolute atomic E-state index is 5.86. The summed E-state index contributed by atoms with van der Waals surface area (Å²) in [5, 5.41) is 0. The van der Waals surface area contributed by atoms with Gasteiger partial charge in [0.2, 0.25) is 0 Å². The Hall–Kier alpha value is -0.630. The lowest BCUT2D eigenvalue weighted by Crippen LogP contribution is -2.01. The molecule has 0 bridgehead atoms. The van der Waals surface area contributed by atoms with Crippen LogP contribution in [-0.2, 0) is 9.05 Å². The van der Waals surface area contributed by atoms with Crippen LogP contribution in [0.1, 0.15) is 45.1 Å². The zero-order chi connectivity index (χ0) is 13.9. The fourth-order valence-electron chi connectivity index (χ4n) is 1.40. The second-order valence-corrected chi connectivity index (χ2v) is 5.60. The van der Waals surface area contributed by atoms with Gasteiger partial charge in [0, 0.05) is 0 Å². The lowest BCUT2D eigenvalue weighted by molar-refractivity contribution is 0.200. The van der Waals surface area contributed by atoms with Gasteiger partial charge < -0.3 is 13.6 Å². The molecule has 1 aromatic rings. The van der Waals surface area contributed by atoms with Gasteiger partial charge in [0.15, 0.2) is 0 Å². The van der Waals surface area contributed by atoms with E-state index < -0.39 is 8.60 Å². The number of hydrogen-bond donors (Lipinski definition) is 0. The molecule has 0 N–H and O–H groups in total. The largest absolute Gasteiger partial charge is 0.426 e. The molecule has 0 aliphatic rings. The molecule has 0 amide bonds. The Labute approximate surface area is 118 Å². The molecule has 108 valence electrons. The molecular formula is C15H25O3P. The monoisotopic (exact) mass is 284 g/mol. The quantitative estimate of drug-likeness (QED) is 0.434. The Morgan fingerprint density at radius 1 is 0.947 bits per heavy atom. The summed E-state index contributed by atoms with van der Waals surface area (Å²) in [6.45, 7) is 7.71. The van der Waals surface area contributed by atoms with Gasteiger partial charge >= 0.3 is 8.60 Å². The van der Waals surface area contributed by atoms with Gasteiger partial charge in [-0.25, -0.2) is 0 Å². The van der Waals surface area contributed by atoms with Crippen LogP contribution in [0.15, 0.2) is 24.3 Å². The first-order valence-electron chi connectivity index (χ1n) is 7.07. The average molecular weight is 284 g/mol. The van der Waals surface area contributed by atoms with Crippen molar-refractivity contribution in [3.63, 3.8) is 0 Å². The number of unbranched alkanes of at least 4 members (excludes halogenated alkanes) is 2.